The number of nitrogens with zero attached hydrogens (tertiary/aromatic N) is 1. The van der Waals surface area contributed by atoms with Crippen LogP contribution in [-0.4, -0.2) is 18.0 Å². The molecule has 4 aliphatic carbocycles. The molecule has 122 valence electrons. The number of non-ortho nitro benzene ring substituents is 1. The molecule has 5 rings (SSSR count). The first-order valence-corrected chi connectivity index (χ1v) is 8.30. The van der Waals surface area contributed by atoms with E-state index in [0.717, 1.165) is 37.7 Å². The molecule has 0 aromatic heterocycles. The first-order valence-electron chi connectivity index (χ1n) is 8.30. The van der Waals surface area contributed by atoms with Crippen molar-refractivity contribution >= 4 is 11.7 Å². The van der Waals surface area contributed by atoms with E-state index in [4.69, 9.17) is 4.74 Å². The normalized spacial score (nSPS) is 37.6. The highest BCUT2D eigenvalue weighted by Gasteiger charge is 2.61. The monoisotopic (exact) mass is 315 g/mol. The molecule has 2 atom stereocenters. The van der Waals surface area contributed by atoms with E-state index in [1.165, 1.54) is 13.5 Å². The van der Waals surface area contributed by atoms with Crippen molar-refractivity contribution in [3.63, 3.8) is 0 Å². The van der Waals surface area contributed by atoms with Crippen LogP contribution in [0.4, 0.5) is 5.69 Å². The Hall–Kier alpha value is -1.91. The Morgan fingerprint density at radius 3 is 2.30 bits per heavy atom. The average Bonchev–Trinajstić information content (AvgIpc) is 2.53. The lowest BCUT2D eigenvalue weighted by molar-refractivity contribution is -0.384. The lowest BCUT2D eigenvalue weighted by Crippen LogP contribution is -2.57. The van der Waals surface area contributed by atoms with Crippen molar-refractivity contribution in [2.45, 2.75) is 43.9 Å². The van der Waals surface area contributed by atoms with Crippen molar-refractivity contribution in [3.05, 3.63) is 39.9 Å². The van der Waals surface area contributed by atoms with Gasteiger partial charge in [-0.05, 0) is 61.3 Å². The van der Waals surface area contributed by atoms with Crippen molar-refractivity contribution < 1.29 is 14.5 Å². The minimum Gasteiger partial charge on any atom is -0.469 e. The van der Waals surface area contributed by atoms with Crippen molar-refractivity contribution in [2.24, 2.45) is 17.3 Å². The molecule has 23 heavy (non-hydrogen) atoms. The van der Waals surface area contributed by atoms with E-state index in [-0.39, 0.29) is 27.4 Å². The molecule has 5 nitrogen and oxygen atoms in total. The number of carbonyl (C=O) groups excluding carboxylic acids is 1. The summed E-state index contributed by atoms with van der Waals surface area (Å²) in [7, 11) is 1.49. The number of hydrogen-bond donors (Lipinski definition) is 0. The summed E-state index contributed by atoms with van der Waals surface area (Å²) >= 11 is 0. The maximum Gasteiger partial charge on any atom is 0.311 e. The fourth-order valence-corrected chi connectivity index (χ4v) is 5.99. The number of ether oxygens (including phenoxy) is 1. The van der Waals surface area contributed by atoms with Gasteiger partial charge in [0.05, 0.1) is 17.4 Å². The zero-order chi connectivity index (χ0) is 16.2. The fourth-order valence-electron chi connectivity index (χ4n) is 5.99. The summed E-state index contributed by atoms with van der Waals surface area (Å²) < 4.78 is 5.14. The molecule has 4 bridgehead atoms. The largest absolute Gasteiger partial charge is 0.469 e. The standard InChI is InChI=1S/C18H21NO4/c1-23-16(20)18-9-12-6-13(10-18)8-17(7-12,11-18)14-2-4-15(5-3-14)19(21)22/h2-5,12-13H,6-11H2,1H3/t12-,13-,17?,18?/m0/s1. The molecule has 5 heteroatoms. The van der Waals surface area contributed by atoms with Crippen LogP contribution in [0, 0.1) is 27.4 Å². The third kappa shape index (κ3) is 2.09. The number of benzene rings is 1. The van der Waals surface area contributed by atoms with Crippen molar-refractivity contribution in [1.82, 2.24) is 0 Å². The number of nitro groups is 1. The third-order valence-corrected chi connectivity index (χ3v) is 6.37. The molecule has 0 heterocycles. The second kappa shape index (κ2) is 4.79. The van der Waals surface area contributed by atoms with Crippen LogP contribution in [0.2, 0.25) is 0 Å². The molecule has 0 saturated heterocycles. The highest BCUT2D eigenvalue weighted by molar-refractivity contribution is 5.78. The molecule has 1 aromatic rings. The maximum absolute atomic E-state index is 12.5. The molecule has 0 spiro atoms. The fraction of sp³-hybridized carbons (Fsp3) is 0.611. The summed E-state index contributed by atoms with van der Waals surface area (Å²) in [6, 6.07) is 6.99. The van der Waals surface area contributed by atoms with E-state index < -0.39 is 0 Å². The summed E-state index contributed by atoms with van der Waals surface area (Å²) in [5.41, 5.74) is 0.945. The Bertz CT molecular complexity index is 652. The maximum atomic E-state index is 12.5. The van der Waals surface area contributed by atoms with Crippen LogP contribution >= 0.6 is 0 Å². The van der Waals surface area contributed by atoms with Gasteiger partial charge in [-0.1, -0.05) is 12.1 Å². The molecular formula is C18H21NO4. The summed E-state index contributed by atoms with van der Waals surface area (Å²) in [6.45, 7) is 0. The molecular weight excluding hydrogens is 294 g/mol. The quantitative estimate of drug-likeness (QED) is 0.485. The second-order valence-corrected chi connectivity index (χ2v) is 7.82. The van der Waals surface area contributed by atoms with Gasteiger partial charge in [0.2, 0.25) is 0 Å². The first-order chi connectivity index (χ1) is 11.0. The van der Waals surface area contributed by atoms with Crippen LogP contribution in [0.25, 0.3) is 0 Å². The van der Waals surface area contributed by atoms with Crippen molar-refractivity contribution in [1.29, 1.82) is 0 Å². The molecule has 0 unspecified atom stereocenters. The Balaban J connectivity index is 1.73. The minimum atomic E-state index is -0.362. The zero-order valence-electron chi connectivity index (χ0n) is 13.3. The molecule has 4 saturated carbocycles. The van der Waals surface area contributed by atoms with Crippen molar-refractivity contribution in [3.8, 4) is 0 Å². The lowest BCUT2D eigenvalue weighted by atomic mass is 9.43. The predicted molar refractivity (Wildman–Crippen MR) is 83.9 cm³/mol. The first kappa shape index (κ1) is 14.7. The highest BCUT2D eigenvalue weighted by atomic mass is 16.6. The van der Waals surface area contributed by atoms with Gasteiger partial charge in [0.1, 0.15) is 0 Å². The second-order valence-electron chi connectivity index (χ2n) is 7.82. The van der Waals surface area contributed by atoms with E-state index in [9.17, 15) is 14.9 Å². The Labute approximate surface area is 135 Å². The molecule has 0 aliphatic heterocycles. The van der Waals surface area contributed by atoms with Gasteiger partial charge in [0, 0.05) is 12.1 Å². The molecule has 0 amide bonds. The van der Waals surface area contributed by atoms with Crippen LogP contribution < -0.4 is 0 Å². The van der Waals surface area contributed by atoms with Crippen LogP contribution in [0.15, 0.2) is 24.3 Å². The van der Waals surface area contributed by atoms with Gasteiger partial charge >= 0.3 is 5.97 Å². The topological polar surface area (TPSA) is 69.4 Å². The zero-order valence-corrected chi connectivity index (χ0v) is 13.3. The Kier molecular flexibility index (Phi) is 3.06. The minimum absolute atomic E-state index is 0.00655. The van der Waals surface area contributed by atoms with Crippen LogP contribution in [-0.2, 0) is 14.9 Å². The van der Waals surface area contributed by atoms with E-state index in [1.54, 1.807) is 12.1 Å². The molecule has 4 fully saturated rings. The third-order valence-electron chi connectivity index (χ3n) is 6.37. The number of carbonyl (C=O) groups is 1. The van der Waals surface area contributed by atoms with Gasteiger partial charge in [-0.3, -0.25) is 14.9 Å². The van der Waals surface area contributed by atoms with Crippen LogP contribution in [0.3, 0.4) is 0 Å². The average molecular weight is 315 g/mol. The molecule has 1 aromatic carbocycles. The van der Waals surface area contributed by atoms with E-state index >= 15 is 0 Å². The van der Waals surface area contributed by atoms with Crippen molar-refractivity contribution in [2.75, 3.05) is 7.11 Å². The summed E-state index contributed by atoms with van der Waals surface area (Å²) in [5.74, 6) is 1.09. The van der Waals surface area contributed by atoms with E-state index in [0.29, 0.717) is 11.8 Å². The molecule has 0 N–H and O–H groups in total. The summed E-state index contributed by atoms with van der Waals surface area (Å²) in [6.07, 6.45) is 6.14. The SMILES string of the molecule is COC(=O)C12C[C@H]3C[C@H](C1)CC(c1ccc([N+](=O)[O-])cc1)(C3)C2. The summed E-state index contributed by atoms with van der Waals surface area (Å²) in [4.78, 5) is 23.0. The van der Waals surface area contributed by atoms with E-state index in [2.05, 4.69) is 0 Å². The predicted octanol–water partition coefficient (Wildman–Crippen LogP) is 3.61. The smallest absolute Gasteiger partial charge is 0.311 e. The van der Waals surface area contributed by atoms with E-state index in [1.807, 2.05) is 12.1 Å². The number of hydrogen-bond acceptors (Lipinski definition) is 4. The highest BCUT2D eigenvalue weighted by Crippen LogP contribution is 2.66. The van der Waals surface area contributed by atoms with Gasteiger partial charge in [-0.2, -0.15) is 0 Å². The molecule has 4 aliphatic rings. The van der Waals surface area contributed by atoms with Gasteiger partial charge < -0.3 is 4.74 Å². The Morgan fingerprint density at radius 1 is 1.17 bits per heavy atom. The van der Waals surface area contributed by atoms with Gasteiger partial charge in [0.15, 0.2) is 0 Å². The number of nitro benzene ring substituents is 1. The number of rotatable bonds is 3. The van der Waals surface area contributed by atoms with Crippen LogP contribution in [0.1, 0.15) is 44.1 Å². The lowest BCUT2D eigenvalue weighted by Gasteiger charge is -2.61. The van der Waals surface area contributed by atoms with Crippen LogP contribution in [0.5, 0.6) is 0 Å². The van der Waals surface area contributed by atoms with Gasteiger partial charge in [0.25, 0.3) is 5.69 Å². The number of methoxy groups -OCH3 is 1. The van der Waals surface area contributed by atoms with Gasteiger partial charge in [-0.15, -0.1) is 0 Å². The summed E-state index contributed by atoms with van der Waals surface area (Å²) in [5, 5.41) is 10.9. The van der Waals surface area contributed by atoms with Gasteiger partial charge in [-0.25, -0.2) is 0 Å². The Morgan fingerprint density at radius 2 is 1.78 bits per heavy atom. The number of esters is 1. The molecule has 0 radical (unpaired) electrons.